The van der Waals surface area contributed by atoms with Crippen LogP contribution in [0.15, 0.2) is 53.4 Å². The van der Waals surface area contributed by atoms with E-state index in [4.69, 9.17) is 0 Å². The molecule has 0 aliphatic carbocycles. The molecule has 9 heteroatoms. The van der Waals surface area contributed by atoms with Gasteiger partial charge in [-0.1, -0.05) is 24.6 Å². The van der Waals surface area contributed by atoms with Crippen LogP contribution in [0.3, 0.4) is 0 Å². The van der Waals surface area contributed by atoms with E-state index in [1.54, 1.807) is 0 Å². The van der Waals surface area contributed by atoms with Gasteiger partial charge in [-0.05, 0) is 48.7 Å². The number of rotatable bonds is 5. The summed E-state index contributed by atoms with van der Waals surface area (Å²) in [4.78, 5) is 14.2. The third-order valence-corrected chi connectivity index (χ3v) is 6.98. The Hall–Kier alpha value is -2.39. The summed E-state index contributed by atoms with van der Waals surface area (Å²) in [5.41, 5.74) is -0.00529. The van der Waals surface area contributed by atoms with E-state index < -0.39 is 27.7 Å². The van der Waals surface area contributed by atoms with Crippen molar-refractivity contribution >= 4 is 15.9 Å². The van der Waals surface area contributed by atoms with Crippen molar-refractivity contribution < 1.29 is 26.4 Å². The summed E-state index contributed by atoms with van der Waals surface area (Å²) in [6.07, 6.45) is -1.79. The van der Waals surface area contributed by atoms with Gasteiger partial charge in [-0.3, -0.25) is 4.79 Å². The predicted octanol–water partition coefficient (Wildman–Crippen LogP) is 4.15. The summed E-state index contributed by atoms with van der Waals surface area (Å²) in [5.74, 6) is -0.411. The maximum absolute atomic E-state index is 12.8. The van der Waals surface area contributed by atoms with Crippen molar-refractivity contribution in [3.05, 3.63) is 65.2 Å². The zero-order valence-corrected chi connectivity index (χ0v) is 17.3. The highest BCUT2D eigenvalue weighted by atomic mass is 32.2. The van der Waals surface area contributed by atoms with Gasteiger partial charge in [0.05, 0.1) is 10.5 Å². The molecule has 3 rings (SSSR count). The Bertz CT molecular complexity index is 999. The Morgan fingerprint density at radius 3 is 2.27 bits per heavy atom. The molecule has 0 N–H and O–H groups in total. The SMILES string of the molecule is CN(Cc1ccc(C(F)(F)F)cc1)C(=O)c1cccc(S(=O)(=O)N2CCCCC2)c1. The first-order chi connectivity index (χ1) is 14.1. The number of hydrogen-bond donors (Lipinski definition) is 0. The summed E-state index contributed by atoms with van der Waals surface area (Å²) >= 11 is 0. The fraction of sp³-hybridized carbons (Fsp3) is 0.381. The lowest BCUT2D eigenvalue weighted by Crippen LogP contribution is -2.35. The van der Waals surface area contributed by atoms with E-state index in [1.165, 1.54) is 52.7 Å². The van der Waals surface area contributed by atoms with Crippen LogP contribution in [0.4, 0.5) is 13.2 Å². The van der Waals surface area contributed by atoms with Gasteiger partial charge >= 0.3 is 6.18 Å². The highest BCUT2D eigenvalue weighted by Gasteiger charge is 2.30. The third kappa shape index (κ3) is 5.02. The second-order valence-corrected chi connectivity index (χ2v) is 9.29. The number of halogens is 3. The van der Waals surface area contributed by atoms with Gasteiger partial charge in [0.25, 0.3) is 5.91 Å². The normalized spacial score (nSPS) is 15.7. The molecule has 0 radical (unpaired) electrons. The fourth-order valence-corrected chi connectivity index (χ4v) is 4.97. The molecule has 1 amide bonds. The van der Waals surface area contributed by atoms with Crippen LogP contribution in [0.1, 0.15) is 40.7 Å². The molecule has 0 saturated carbocycles. The lowest BCUT2D eigenvalue weighted by molar-refractivity contribution is -0.137. The molecule has 30 heavy (non-hydrogen) atoms. The van der Waals surface area contributed by atoms with Crippen molar-refractivity contribution in [2.75, 3.05) is 20.1 Å². The van der Waals surface area contributed by atoms with Crippen LogP contribution in [-0.4, -0.2) is 43.7 Å². The molecule has 1 aliphatic heterocycles. The zero-order valence-electron chi connectivity index (χ0n) is 16.5. The predicted molar refractivity (Wildman–Crippen MR) is 106 cm³/mol. The number of carbonyl (C=O) groups excluding carboxylic acids is 1. The minimum atomic E-state index is -4.42. The largest absolute Gasteiger partial charge is 0.416 e. The lowest BCUT2D eigenvalue weighted by Gasteiger charge is -2.26. The molecule has 1 heterocycles. The van der Waals surface area contributed by atoms with Gasteiger partial charge in [0, 0.05) is 32.2 Å². The smallest absolute Gasteiger partial charge is 0.337 e. The van der Waals surface area contributed by atoms with Crippen molar-refractivity contribution in [2.24, 2.45) is 0 Å². The van der Waals surface area contributed by atoms with Crippen LogP contribution in [0.5, 0.6) is 0 Å². The second kappa shape index (κ2) is 8.77. The van der Waals surface area contributed by atoms with Crippen LogP contribution in [0.25, 0.3) is 0 Å². The molecule has 2 aromatic rings. The highest BCUT2D eigenvalue weighted by molar-refractivity contribution is 7.89. The van der Waals surface area contributed by atoms with E-state index in [2.05, 4.69) is 0 Å². The molecule has 162 valence electrons. The first kappa shape index (κ1) is 22.3. The molecule has 1 aliphatic rings. The van der Waals surface area contributed by atoms with E-state index >= 15 is 0 Å². The second-order valence-electron chi connectivity index (χ2n) is 7.35. The van der Waals surface area contributed by atoms with E-state index in [0.717, 1.165) is 31.4 Å². The average molecular weight is 440 g/mol. The molecule has 0 unspecified atom stereocenters. The van der Waals surface area contributed by atoms with Gasteiger partial charge in [-0.25, -0.2) is 8.42 Å². The van der Waals surface area contributed by atoms with Crippen molar-refractivity contribution in [3.8, 4) is 0 Å². The highest BCUT2D eigenvalue weighted by Crippen LogP contribution is 2.29. The summed E-state index contributed by atoms with van der Waals surface area (Å²) in [5, 5.41) is 0. The molecule has 0 atom stereocenters. The van der Waals surface area contributed by atoms with E-state index in [1.807, 2.05) is 0 Å². The number of carbonyl (C=O) groups is 1. The van der Waals surface area contributed by atoms with E-state index in [9.17, 15) is 26.4 Å². The maximum Gasteiger partial charge on any atom is 0.416 e. The van der Waals surface area contributed by atoms with Crippen LogP contribution in [0.2, 0.25) is 0 Å². The van der Waals surface area contributed by atoms with Crippen LogP contribution >= 0.6 is 0 Å². The minimum Gasteiger partial charge on any atom is -0.337 e. The Labute approximate surface area is 174 Å². The van der Waals surface area contributed by atoms with Crippen molar-refractivity contribution in [2.45, 2.75) is 36.9 Å². The van der Waals surface area contributed by atoms with Gasteiger partial charge in [0.15, 0.2) is 0 Å². The Morgan fingerprint density at radius 1 is 1.03 bits per heavy atom. The van der Waals surface area contributed by atoms with Crippen LogP contribution < -0.4 is 0 Å². The first-order valence-electron chi connectivity index (χ1n) is 9.61. The molecular weight excluding hydrogens is 417 g/mol. The summed E-state index contributed by atoms with van der Waals surface area (Å²) in [6.45, 7) is 1.03. The van der Waals surface area contributed by atoms with Gasteiger partial charge in [0.1, 0.15) is 0 Å². The van der Waals surface area contributed by atoms with Gasteiger partial charge in [-0.2, -0.15) is 17.5 Å². The maximum atomic E-state index is 12.8. The number of piperidine rings is 1. The Balaban J connectivity index is 1.74. The Morgan fingerprint density at radius 2 is 1.67 bits per heavy atom. The monoisotopic (exact) mass is 440 g/mol. The summed E-state index contributed by atoms with van der Waals surface area (Å²) in [6, 6.07) is 10.5. The number of benzene rings is 2. The van der Waals surface area contributed by atoms with Crippen molar-refractivity contribution in [1.82, 2.24) is 9.21 Å². The fourth-order valence-electron chi connectivity index (χ4n) is 3.41. The van der Waals surface area contributed by atoms with Crippen molar-refractivity contribution in [1.29, 1.82) is 0 Å². The molecule has 0 aromatic heterocycles. The van der Waals surface area contributed by atoms with Gasteiger partial charge in [-0.15, -0.1) is 0 Å². The number of hydrogen-bond acceptors (Lipinski definition) is 3. The molecule has 0 bridgehead atoms. The number of nitrogens with zero attached hydrogens (tertiary/aromatic N) is 2. The molecular formula is C21H23F3N2O3S. The van der Waals surface area contributed by atoms with Crippen LogP contribution in [-0.2, 0) is 22.7 Å². The minimum absolute atomic E-state index is 0.0678. The third-order valence-electron chi connectivity index (χ3n) is 5.08. The lowest BCUT2D eigenvalue weighted by atomic mass is 10.1. The van der Waals surface area contributed by atoms with Gasteiger partial charge < -0.3 is 4.90 Å². The Kier molecular flexibility index (Phi) is 6.52. The van der Waals surface area contributed by atoms with Crippen LogP contribution in [0, 0.1) is 0 Å². The zero-order chi connectivity index (χ0) is 21.9. The molecule has 0 spiro atoms. The molecule has 1 saturated heterocycles. The topological polar surface area (TPSA) is 57.7 Å². The first-order valence-corrected chi connectivity index (χ1v) is 11.0. The molecule has 5 nitrogen and oxygen atoms in total. The summed E-state index contributed by atoms with van der Waals surface area (Å²) < 4.78 is 65.2. The number of alkyl halides is 3. The molecule has 2 aromatic carbocycles. The molecule has 1 fully saturated rings. The van der Waals surface area contributed by atoms with E-state index in [0.29, 0.717) is 18.7 Å². The average Bonchev–Trinajstić information content (AvgIpc) is 2.73. The quantitative estimate of drug-likeness (QED) is 0.702. The standard InChI is InChI=1S/C21H23F3N2O3S/c1-25(15-16-8-10-18(11-9-16)21(22,23)24)20(27)17-6-5-7-19(14-17)30(28,29)26-12-3-2-4-13-26/h5-11,14H,2-4,12-13,15H2,1H3. The van der Waals surface area contributed by atoms with E-state index in [-0.39, 0.29) is 17.0 Å². The number of amides is 1. The van der Waals surface area contributed by atoms with Crippen molar-refractivity contribution in [3.63, 3.8) is 0 Å². The van der Waals surface area contributed by atoms with Gasteiger partial charge in [0.2, 0.25) is 10.0 Å². The number of sulfonamides is 1. The summed E-state index contributed by atoms with van der Waals surface area (Å²) in [7, 11) is -2.15.